The highest BCUT2D eigenvalue weighted by molar-refractivity contribution is 6.05. The molecule has 1 atom stereocenters. The molecule has 0 radical (unpaired) electrons. The van der Waals surface area contributed by atoms with Gasteiger partial charge < -0.3 is 19.1 Å². The van der Waals surface area contributed by atoms with E-state index >= 15 is 0 Å². The minimum Gasteiger partial charge on any atom is -0.493 e. The van der Waals surface area contributed by atoms with Crippen LogP contribution in [0.4, 0.5) is 5.69 Å². The average Bonchev–Trinajstić information content (AvgIpc) is 3.36. The van der Waals surface area contributed by atoms with Crippen LogP contribution in [0.2, 0.25) is 0 Å². The fourth-order valence-electron chi connectivity index (χ4n) is 4.05. The van der Waals surface area contributed by atoms with Crippen LogP contribution in [-0.4, -0.2) is 62.0 Å². The smallest absolute Gasteiger partial charge is 0.265 e. The van der Waals surface area contributed by atoms with E-state index in [1.54, 1.807) is 48.2 Å². The van der Waals surface area contributed by atoms with Gasteiger partial charge in [0.05, 0.1) is 12.8 Å². The zero-order chi connectivity index (χ0) is 22.7. The lowest BCUT2D eigenvalue weighted by molar-refractivity contribution is -0.133. The van der Waals surface area contributed by atoms with E-state index in [9.17, 15) is 14.4 Å². The van der Waals surface area contributed by atoms with E-state index in [1.165, 1.54) is 12.0 Å². The first kappa shape index (κ1) is 21.7. The maximum atomic E-state index is 12.9. The summed E-state index contributed by atoms with van der Waals surface area (Å²) in [6.45, 7) is 2.78. The number of hydrogen-bond donors (Lipinski definition) is 0. The Balaban J connectivity index is 1.54. The van der Waals surface area contributed by atoms with Crippen LogP contribution in [0.25, 0.3) is 0 Å². The lowest BCUT2D eigenvalue weighted by Crippen LogP contribution is -2.52. The number of ether oxygens (including phenoxy) is 3. The Kier molecular flexibility index (Phi) is 6.30. The van der Waals surface area contributed by atoms with Gasteiger partial charge in [0.25, 0.3) is 5.91 Å². The number of benzene rings is 2. The molecule has 0 bridgehead atoms. The number of carbonyl (C=O) groups excluding carboxylic acids is 3. The number of hydrogen-bond acceptors (Lipinski definition) is 6. The quantitative estimate of drug-likeness (QED) is 0.618. The van der Waals surface area contributed by atoms with Crippen molar-refractivity contribution in [1.82, 2.24) is 4.90 Å². The Morgan fingerprint density at radius 2 is 1.81 bits per heavy atom. The summed E-state index contributed by atoms with van der Waals surface area (Å²) in [6, 6.07) is 11.3. The summed E-state index contributed by atoms with van der Waals surface area (Å²) < 4.78 is 16.4. The Bertz CT molecular complexity index is 1030. The van der Waals surface area contributed by atoms with Crippen LogP contribution in [-0.2, 0) is 9.59 Å². The van der Waals surface area contributed by atoms with E-state index in [4.69, 9.17) is 14.2 Å². The molecule has 0 saturated carbocycles. The SMILES string of the molecule is COc1ccccc1OCC(=O)c1ccc2c(c1)N(C(C)C(=O)N1CCCC1)C(=O)CO2. The third-order valence-corrected chi connectivity index (χ3v) is 5.75. The Morgan fingerprint density at radius 3 is 2.53 bits per heavy atom. The van der Waals surface area contributed by atoms with Gasteiger partial charge >= 0.3 is 0 Å². The van der Waals surface area contributed by atoms with Gasteiger partial charge in [-0.25, -0.2) is 0 Å². The zero-order valence-corrected chi connectivity index (χ0v) is 18.2. The molecule has 0 N–H and O–H groups in total. The van der Waals surface area contributed by atoms with Crippen molar-refractivity contribution in [1.29, 1.82) is 0 Å². The van der Waals surface area contributed by atoms with Crippen molar-refractivity contribution in [3.63, 3.8) is 0 Å². The molecule has 2 amide bonds. The lowest BCUT2D eigenvalue weighted by atomic mass is 10.1. The van der Waals surface area contributed by atoms with Crippen molar-refractivity contribution >= 4 is 23.3 Å². The van der Waals surface area contributed by atoms with Gasteiger partial charge in [-0.1, -0.05) is 12.1 Å². The second kappa shape index (κ2) is 9.30. The van der Waals surface area contributed by atoms with E-state index in [1.807, 2.05) is 6.07 Å². The topological polar surface area (TPSA) is 85.4 Å². The molecule has 32 heavy (non-hydrogen) atoms. The highest BCUT2D eigenvalue weighted by atomic mass is 16.5. The van der Waals surface area contributed by atoms with Crippen molar-refractivity contribution in [2.24, 2.45) is 0 Å². The predicted octanol–water partition coefficient (Wildman–Crippen LogP) is 2.69. The first-order chi connectivity index (χ1) is 15.5. The number of likely N-dealkylation sites (tertiary alicyclic amines) is 1. The van der Waals surface area contributed by atoms with Gasteiger partial charge in [-0.3, -0.25) is 19.3 Å². The molecule has 0 aliphatic carbocycles. The number of anilines is 1. The summed E-state index contributed by atoms with van der Waals surface area (Å²) in [4.78, 5) is 41.7. The second-order valence-electron chi connectivity index (χ2n) is 7.81. The minimum atomic E-state index is -0.682. The molecule has 2 aromatic carbocycles. The summed E-state index contributed by atoms with van der Waals surface area (Å²) in [5, 5.41) is 0. The highest BCUT2D eigenvalue weighted by Crippen LogP contribution is 2.35. The molecule has 1 fully saturated rings. The molecule has 168 valence electrons. The maximum Gasteiger partial charge on any atom is 0.265 e. The molecule has 1 saturated heterocycles. The Labute approximate surface area is 186 Å². The fraction of sp³-hybridized carbons (Fsp3) is 0.375. The number of amides is 2. The molecular formula is C24H26N2O6. The molecule has 0 spiro atoms. The van der Waals surface area contributed by atoms with Crippen LogP contribution in [0.5, 0.6) is 17.2 Å². The number of nitrogens with zero attached hydrogens (tertiary/aromatic N) is 2. The molecule has 2 heterocycles. The van der Waals surface area contributed by atoms with Gasteiger partial charge in [-0.2, -0.15) is 0 Å². The van der Waals surface area contributed by atoms with Crippen molar-refractivity contribution in [2.45, 2.75) is 25.8 Å². The normalized spacial score (nSPS) is 16.2. The van der Waals surface area contributed by atoms with Crippen molar-refractivity contribution in [2.75, 3.05) is 38.3 Å². The van der Waals surface area contributed by atoms with Crippen LogP contribution in [0.3, 0.4) is 0 Å². The van der Waals surface area contributed by atoms with Crippen LogP contribution < -0.4 is 19.1 Å². The number of rotatable bonds is 7. The predicted molar refractivity (Wildman–Crippen MR) is 118 cm³/mol. The number of para-hydroxylation sites is 2. The Morgan fingerprint density at radius 1 is 1.09 bits per heavy atom. The summed E-state index contributed by atoms with van der Waals surface area (Å²) >= 11 is 0. The van der Waals surface area contributed by atoms with Gasteiger partial charge in [-0.15, -0.1) is 0 Å². The van der Waals surface area contributed by atoms with Gasteiger partial charge in [0.15, 0.2) is 30.5 Å². The van der Waals surface area contributed by atoms with Gasteiger partial charge in [0, 0.05) is 18.7 Å². The van der Waals surface area contributed by atoms with Crippen LogP contribution in [0, 0.1) is 0 Å². The van der Waals surface area contributed by atoms with Gasteiger partial charge in [0.2, 0.25) is 5.91 Å². The number of fused-ring (bicyclic) bond motifs is 1. The van der Waals surface area contributed by atoms with Crippen LogP contribution in [0.15, 0.2) is 42.5 Å². The molecule has 2 aliphatic rings. The second-order valence-corrected chi connectivity index (χ2v) is 7.81. The fourth-order valence-corrected chi connectivity index (χ4v) is 4.05. The van der Waals surface area contributed by atoms with E-state index in [-0.39, 0.29) is 30.8 Å². The molecule has 4 rings (SSSR count). The third kappa shape index (κ3) is 4.26. The summed E-state index contributed by atoms with van der Waals surface area (Å²) in [5.74, 6) is 0.784. The molecule has 2 aliphatic heterocycles. The summed E-state index contributed by atoms with van der Waals surface area (Å²) in [5.41, 5.74) is 0.784. The van der Waals surface area contributed by atoms with Gasteiger partial charge in [-0.05, 0) is 50.1 Å². The van der Waals surface area contributed by atoms with Gasteiger partial charge in [0.1, 0.15) is 11.8 Å². The molecule has 1 unspecified atom stereocenters. The van der Waals surface area contributed by atoms with Crippen LogP contribution in [0.1, 0.15) is 30.1 Å². The number of ketones is 1. The third-order valence-electron chi connectivity index (χ3n) is 5.75. The Hall–Kier alpha value is -3.55. The molecule has 8 heteroatoms. The first-order valence-corrected chi connectivity index (χ1v) is 10.7. The molecule has 0 aromatic heterocycles. The minimum absolute atomic E-state index is 0.0973. The van der Waals surface area contributed by atoms with E-state index in [2.05, 4.69) is 0 Å². The number of Topliss-reactive ketones (excluding diaryl/α,β-unsaturated/α-hetero) is 1. The highest BCUT2D eigenvalue weighted by Gasteiger charge is 2.36. The van der Waals surface area contributed by atoms with Crippen molar-refractivity contribution in [3.8, 4) is 17.2 Å². The van der Waals surface area contributed by atoms with Crippen molar-refractivity contribution < 1.29 is 28.6 Å². The van der Waals surface area contributed by atoms with Crippen LogP contribution >= 0.6 is 0 Å². The lowest BCUT2D eigenvalue weighted by Gasteiger charge is -2.35. The summed E-state index contributed by atoms with van der Waals surface area (Å²) in [6.07, 6.45) is 1.94. The average molecular weight is 438 g/mol. The monoisotopic (exact) mass is 438 g/mol. The van der Waals surface area contributed by atoms with E-state index < -0.39 is 6.04 Å². The van der Waals surface area contributed by atoms with E-state index in [0.717, 1.165) is 12.8 Å². The number of carbonyl (C=O) groups is 3. The first-order valence-electron chi connectivity index (χ1n) is 10.7. The molecular weight excluding hydrogens is 412 g/mol. The molecule has 8 nitrogen and oxygen atoms in total. The van der Waals surface area contributed by atoms with Crippen molar-refractivity contribution in [3.05, 3.63) is 48.0 Å². The van der Waals surface area contributed by atoms with E-state index in [0.29, 0.717) is 41.6 Å². The number of methoxy groups -OCH3 is 1. The largest absolute Gasteiger partial charge is 0.493 e. The summed E-state index contributed by atoms with van der Waals surface area (Å²) in [7, 11) is 1.53. The standard InChI is InChI=1S/C24H26N2O6/c1-16(24(29)25-11-5-6-12-25)26-18-13-17(9-10-20(18)32-15-23(26)28)19(27)14-31-22-8-4-3-7-21(22)30-2/h3-4,7-10,13,16H,5-6,11-12,14-15H2,1-2H3. The maximum absolute atomic E-state index is 12.9. The molecule has 2 aromatic rings. The zero-order valence-electron chi connectivity index (χ0n) is 18.2.